The zero-order valence-corrected chi connectivity index (χ0v) is 15.3. The van der Waals surface area contributed by atoms with E-state index in [2.05, 4.69) is 15.0 Å². The van der Waals surface area contributed by atoms with Crippen LogP contribution in [0.25, 0.3) is 33.8 Å². The van der Waals surface area contributed by atoms with Gasteiger partial charge in [0.1, 0.15) is 11.5 Å². The molecule has 1 atom stereocenters. The van der Waals surface area contributed by atoms with Crippen molar-refractivity contribution >= 4 is 10.8 Å². The second-order valence-corrected chi connectivity index (χ2v) is 7.38. The first-order chi connectivity index (χ1) is 13.1. The van der Waals surface area contributed by atoms with Crippen LogP contribution in [0, 0.1) is 5.82 Å². The molecule has 0 amide bonds. The largest absolute Gasteiger partial charge is 0.343 e. The quantitative estimate of drug-likeness (QED) is 0.562. The zero-order valence-electron chi connectivity index (χ0n) is 14.5. The number of hydrogen-bond acceptors (Lipinski definition) is 3. The Balaban J connectivity index is 1.96. The fourth-order valence-corrected chi connectivity index (χ4v) is 3.53. The topological polar surface area (TPSA) is 58.6 Å². The van der Waals surface area contributed by atoms with Gasteiger partial charge in [0, 0.05) is 46.1 Å². The van der Waals surface area contributed by atoms with Crippen molar-refractivity contribution in [3.05, 3.63) is 79.0 Å². The molecule has 0 fully saturated rings. The van der Waals surface area contributed by atoms with Gasteiger partial charge in [-0.1, -0.05) is 24.3 Å². The van der Waals surface area contributed by atoms with E-state index >= 15 is 0 Å². The van der Waals surface area contributed by atoms with E-state index in [1.54, 1.807) is 37.0 Å². The molecule has 1 unspecified atom stereocenters. The summed E-state index contributed by atoms with van der Waals surface area (Å²) in [5.74, 6) is 0.368. The summed E-state index contributed by atoms with van der Waals surface area (Å²) in [4.78, 5) is 12.7. The summed E-state index contributed by atoms with van der Waals surface area (Å²) in [6, 6.07) is 15.8. The molecule has 4 rings (SSSR count). The van der Waals surface area contributed by atoms with Crippen LogP contribution in [0.5, 0.6) is 0 Å². The first-order valence-electron chi connectivity index (χ1n) is 8.32. The molecule has 1 N–H and O–H groups in total. The maximum Gasteiger partial charge on any atom is 0.156 e. The number of aromatic nitrogens is 3. The second-order valence-electron chi connectivity index (χ2n) is 6.01. The van der Waals surface area contributed by atoms with Gasteiger partial charge >= 0.3 is 0 Å². The number of nitrogens with zero attached hydrogens (tertiary/aromatic N) is 2. The van der Waals surface area contributed by atoms with Gasteiger partial charge in [-0.3, -0.25) is 9.19 Å². The minimum Gasteiger partial charge on any atom is -0.343 e. The normalized spacial score (nSPS) is 12.1. The van der Waals surface area contributed by atoms with Crippen LogP contribution < -0.4 is 0 Å². The van der Waals surface area contributed by atoms with E-state index in [-0.39, 0.29) is 5.82 Å². The Labute approximate surface area is 158 Å². The van der Waals surface area contributed by atoms with Crippen LogP contribution in [0.15, 0.2) is 78.1 Å². The average Bonchev–Trinajstić information content (AvgIpc) is 3.23. The highest BCUT2D eigenvalue weighted by Gasteiger charge is 2.17. The van der Waals surface area contributed by atoms with E-state index in [1.807, 2.05) is 30.3 Å². The number of imidazole rings is 1. The van der Waals surface area contributed by atoms with E-state index in [9.17, 15) is 8.60 Å². The minimum atomic E-state index is -1.05. The molecule has 0 aliphatic carbocycles. The lowest BCUT2D eigenvalue weighted by atomic mass is 9.93. The molecule has 2 aromatic carbocycles. The van der Waals surface area contributed by atoms with Crippen LogP contribution in [0.3, 0.4) is 0 Å². The number of hydrogen-bond donors (Lipinski definition) is 1. The average molecular weight is 377 g/mol. The Bertz CT molecular complexity index is 1090. The van der Waals surface area contributed by atoms with E-state index < -0.39 is 10.8 Å². The van der Waals surface area contributed by atoms with Gasteiger partial charge in [-0.15, -0.1) is 0 Å². The predicted octanol–water partition coefficient (Wildman–Crippen LogP) is 4.68. The van der Waals surface area contributed by atoms with E-state index in [0.29, 0.717) is 11.5 Å². The van der Waals surface area contributed by atoms with Gasteiger partial charge in [0.05, 0.1) is 0 Å². The summed E-state index contributed by atoms with van der Waals surface area (Å²) in [6.45, 7) is 0. The third kappa shape index (κ3) is 3.44. The van der Waals surface area contributed by atoms with Crippen molar-refractivity contribution in [1.82, 2.24) is 15.0 Å². The molecule has 6 heteroatoms. The maximum absolute atomic E-state index is 13.4. The molecule has 0 aliphatic heterocycles. The Morgan fingerprint density at radius 3 is 2.22 bits per heavy atom. The highest BCUT2D eigenvalue weighted by atomic mass is 32.2. The van der Waals surface area contributed by atoms with Crippen molar-refractivity contribution in [3.63, 3.8) is 0 Å². The molecule has 134 valence electrons. The maximum atomic E-state index is 13.4. The summed E-state index contributed by atoms with van der Waals surface area (Å²) in [5, 5.41) is 0. The standard InChI is InChI=1S/C21H16FN3OS/c1-27(26)17-8-4-15(5-9-17)19-18(14-2-6-16(22)7-3-14)10-11-23-20(19)21-24-12-13-25-21/h2-13H,1H3,(H,24,25). The monoisotopic (exact) mass is 377 g/mol. The van der Waals surface area contributed by atoms with Crippen LogP contribution in [0.1, 0.15) is 0 Å². The summed E-state index contributed by atoms with van der Waals surface area (Å²) in [7, 11) is -1.05. The van der Waals surface area contributed by atoms with Gasteiger partial charge < -0.3 is 4.98 Å². The number of aromatic amines is 1. The molecule has 0 saturated carbocycles. The highest BCUT2D eigenvalue weighted by Crippen LogP contribution is 2.37. The summed E-state index contributed by atoms with van der Waals surface area (Å²) in [5.41, 5.74) is 4.30. The molecular formula is C21H16FN3OS. The summed E-state index contributed by atoms with van der Waals surface area (Å²) >= 11 is 0. The van der Waals surface area contributed by atoms with Crippen LogP contribution in [-0.4, -0.2) is 25.4 Å². The Morgan fingerprint density at radius 1 is 0.889 bits per heavy atom. The lowest BCUT2D eigenvalue weighted by Gasteiger charge is -2.14. The molecule has 4 aromatic rings. The fourth-order valence-electron chi connectivity index (χ4n) is 3.01. The molecule has 0 radical (unpaired) electrons. The molecule has 0 spiro atoms. The van der Waals surface area contributed by atoms with Gasteiger partial charge in [0.2, 0.25) is 0 Å². The molecule has 0 saturated heterocycles. The van der Waals surface area contributed by atoms with Crippen molar-refractivity contribution in [2.45, 2.75) is 4.90 Å². The highest BCUT2D eigenvalue weighted by molar-refractivity contribution is 7.84. The fraction of sp³-hybridized carbons (Fsp3) is 0.0476. The lowest BCUT2D eigenvalue weighted by molar-refractivity contribution is 0.628. The molecule has 4 nitrogen and oxygen atoms in total. The van der Waals surface area contributed by atoms with Crippen molar-refractivity contribution < 1.29 is 8.60 Å². The first-order valence-corrected chi connectivity index (χ1v) is 9.88. The molecule has 27 heavy (non-hydrogen) atoms. The van der Waals surface area contributed by atoms with E-state index in [4.69, 9.17) is 0 Å². The summed E-state index contributed by atoms with van der Waals surface area (Å²) in [6.07, 6.45) is 6.79. The number of pyridine rings is 1. The van der Waals surface area contributed by atoms with Crippen molar-refractivity contribution in [1.29, 1.82) is 0 Å². The lowest BCUT2D eigenvalue weighted by Crippen LogP contribution is -1.95. The smallest absolute Gasteiger partial charge is 0.156 e. The predicted molar refractivity (Wildman–Crippen MR) is 105 cm³/mol. The van der Waals surface area contributed by atoms with Gasteiger partial charge in [0.25, 0.3) is 0 Å². The molecule has 0 bridgehead atoms. The van der Waals surface area contributed by atoms with Gasteiger partial charge in [-0.05, 0) is 47.0 Å². The van der Waals surface area contributed by atoms with Crippen molar-refractivity contribution in [2.24, 2.45) is 0 Å². The second kappa shape index (κ2) is 7.25. The number of halogens is 1. The molecule has 0 aliphatic rings. The minimum absolute atomic E-state index is 0.282. The SMILES string of the molecule is CS(=O)c1ccc(-c2c(-c3ccc(F)cc3)ccnc2-c2ncc[nH]2)cc1. The number of rotatable bonds is 4. The molecule has 2 heterocycles. The molecular weight excluding hydrogens is 361 g/mol. The van der Waals surface area contributed by atoms with Crippen LogP contribution >= 0.6 is 0 Å². The van der Waals surface area contributed by atoms with Crippen molar-refractivity contribution in [3.8, 4) is 33.8 Å². The number of benzene rings is 2. The third-order valence-electron chi connectivity index (χ3n) is 4.30. The number of nitrogens with one attached hydrogen (secondary N) is 1. The van der Waals surface area contributed by atoms with Gasteiger partial charge in [0.15, 0.2) is 5.82 Å². The molecule has 2 aromatic heterocycles. The van der Waals surface area contributed by atoms with Crippen LogP contribution in [-0.2, 0) is 10.8 Å². The third-order valence-corrected chi connectivity index (χ3v) is 5.24. The van der Waals surface area contributed by atoms with Crippen molar-refractivity contribution in [2.75, 3.05) is 6.26 Å². The zero-order chi connectivity index (χ0) is 18.8. The first kappa shape index (κ1) is 17.3. The van der Waals surface area contributed by atoms with Gasteiger partial charge in [-0.25, -0.2) is 9.37 Å². The van der Waals surface area contributed by atoms with Crippen LogP contribution in [0.4, 0.5) is 4.39 Å². The Hall–Kier alpha value is -3.12. The Morgan fingerprint density at radius 2 is 1.59 bits per heavy atom. The number of H-pyrrole nitrogens is 1. The van der Waals surface area contributed by atoms with E-state index in [0.717, 1.165) is 27.1 Å². The van der Waals surface area contributed by atoms with Gasteiger partial charge in [-0.2, -0.15) is 0 Å². The van der Waals surface area contributed by atoms with Crippen LogP contribution in [0.2, 0.25) is 0 Å². The van der Waals surface area contributed by atoms with E-state index in [1.165, 1.54) is 12.1 Å². The summed E-state index contributed by atoms with van der Waals surface area (Å²) < 4.78 is 25.1. The Kier molecular flexibility index (Phi) is 4.64.